The summed E-state index contributed by atoms with van der Waals surface area (Å²) in [5.74, 6) is 0.313. The van der Waals surface area contributed by atoms with Gasteiger partial charge in [-0.2, -0.15) is 0 Å². The van der Waals surface area contributed by atoms with Crippen LogP contribution in [-0.2, 0) is 22.7 Å². The first-order valence-electron chi connectivity index (χ1n) is 9.18. The smallest absolute Gasteiger partial charge is 0.242 e. The number of amides is 2. The van der Waals surface area contributed by atoms with Gasteiger partial charge in [0.2, 0.25) is 11.8 Å². The molecule has 144 valence electrons. The van der Waals surface area contributed by atoms with E-state index in [4.69, 9.17) is 4.74 Å². The molecule has 0 fully saturated rings. The molecule has 5 heteroatoms. The van der Waals surface area contributed by atoms with Crippen molar-refractivity contribution in [1.29, 1.82) is 0 Å². The first kappa shape index (κ1) is 20.5. The zero-order valence-corrected chi connectivity index (χ0v) is 16.4. The number of rotatable bonds is 8. The fourth-order valence-corrected chi connectivity index (χ4v) is 2.84. The molecule has 0 heterocycles. The number of carbonyl (C=O) groups is 2. The van der Waals surface area contributed by atoms with E-state index in [1.165, 1.54) is 0 Å². The molecule has 1 atom stereocenters. The van der Waals surface area contributed by atoms with Gasteiger partial charge in [-0.05, 0) is 18.6 Å². The van der Waals surface area contributed by atoms with Crippen molar-refractivity contribution < 1.29 is 14.3 Å². The summed E-state index contributed by atoms with van der Waals surface area (Å²) in [4.78, 5) is 27.1. The van der Waals surface area contributed by atoms with Gasteiger partial charge in [-0.25, -0.2) is 0 Å². The number of hydrogen-bond donors (Lipinski definition) is 1. The molecule has 0 spiro atoms. The molecule has 2 aromatic carbocycles. The lowest BCUT2D eigenvalue weighted by Gasteiger charge is -2.30. The van der Waals surface area contributed by atoms with E-state index in [1.54, 1.807) is 18.9 Å². The third-order valence-electron chi connectivity index (χ3n) is 4.47. The van der Waals surface area contributed by atoms with Crippen LogP contribution in [0.5, 0.6) is 5.75 Å². The second kappa shape index (κ2) is 9.76. The summed E-state index contributed by atoms with van der Waals surface area (Å²) in [6.45, 7) is 6.21. The van der Waals surface area contributed by atoms with Crippen molar-refractivity contribution in [3.8, 4) is 5.75 Å². The second-order valence-corrected chi connectivity index (χ2v) is 6.81. The summed E-state index contributed by atoms with van der Waals surface area (Å²) in [6.07, 6.45) is 0. The molecule has 2 rings (SSSR count). The number of hydrogen-bond acceptors (Lipinski definition) is 3. The Bertz CT molecular complexity index is 759. The average Bonchev–Trinajstić information content (AvgIpc) is 2.70. The lowest BCUT2D eigenvalue weighted by molar-refractivity contribution is -0.143. The molecular weight excluding hydrogens is 340 g/mol. The van der Waals surface area contributed by atoms with Crippen molar-refractivity contribution in [3.05, 3.63) is 65.7 Å². The summed E-state index contributed by atoms with van der Waals surface area (Å²) in [6, 6.07) is 16.7. The maximum atomic E-state index is 12.7. The summed E-state index contributed by atoms with van der Waals surface area (Å²) >= 11 is 0. The first-order valence-corrected chi connectivity index (χ1v) is 9.18. The van der Waals surface area contributed by atoms with Gasteiger partial charge in [0, 0.05) is 24.6 Å². The largest absolute Gasteiger partial charge is 0.496 e. The molecule has 0 unspecified atom stereocenters. The molecule has 0 bridgehead atoms. The number of para-hydroxylation sites is 1. The van der Waals surface area contributed by atoms with Gasteiger partial charge in [0.25, 0.3) is 0 Å². The van der Waals surface area contributed by atoms with Crippen molar-refractivity contribution in [2.45, 2.75) is 39.9 Å². The Balaban J connectivity index is 2.10. The minimum atomic E-state index is -0.574. The number of carbonyl (C=O) groups excluding carboxylic acids is 2. The maximum absolute atomic E-state index is 12.7. The molecule has 0 aromatic heterocycles. The van der Waals surface area contributed by atoms with Crippen LogP contribution in [-0.4, -0.2) is 29.9 Å². The SMILES string of the molecule is COc1ccccc1CNC(=O)[C@@H](C)N(Cc1ccccc1)C(=O)C(C)C. The van der Waals surface area contributed by atoms with Gasteiger partial charge >= 0.3 is 0 Å². The molecule has 0 aliphatic rings. The van der Waals surface area contributed by atoms with Crippen molar-refractivity contribution in [3.63, 3.8) is 0 Å². The van der Waals surface area contributed by atoms with E-state index in [2.05, 4.69) is 5.32 Å². The third-order valence-corrected chi connectivity index (χ3v) is 4.47. The van der Waals surface area contributed by atoms with Crippen LogP contribution in [0.15, 0.2) is 54.6 Å². The van der Waals surface area contributed by atoms with Gasteiger partial charge in [0.1, 0.15) is 11.8 Å². The van der Waals surface area contributed by atoms with Gasteiger partial charge in [0.05, 0.1) is 7.11 Å². The molecule has 1 N–H and O–H groups in total. The average molecular weight is 368 g/mol. The number of ether oxygens (including phenoxy) is 1. The predicted octanol–water partition coefficient (Wildman–Crippen LogP) is 3.38. The molecular formula is C22H28N2O3. The fraction of sp³-hybridized carbons (Fsp3) is 0.364. The quantitative estimate of drug-likeness (QED) is 0.777. The van der Waals surface area contributed by atoms with E-state index in [0.717, 1.165) is 16.9 Å². The van der Waals surface area contributed by atoms with E-state index in [0.29, 0.717) is 13.1 Å². The Hall–Kier alpha value is -2.82. The lowest BCUT2D eigenvalue weighted by atomic mass is 10.1. The van der Waals surface area contributed by atoms with E-state index in [-0.39, 0.29) is 17.7 Å². The van der Waals surface area contributed by atoms with E-state index >= 15 is 0 Å². The monoisotopic (exact) mass is 368 g/mol. The Morgan fingerprint density at radius 2 is 1.63 bits per heavy atom. The molecule has 5 nitrogen and oxygen atoms in total. The fourth-order valence-electron chi connectivity index (χ4n) is 2.84. The van der Waals surface area contributed by atoms with E-state index in [1.807, 2.05) is 68.4 Å². The number of benzene rings is 2. The van der Waals surface area contributed by atoms with Gasteiger partial charge in [-0.1, -0.05) is 62.4 Å². The van der Waals surface area contributed by atoms with Crippen LogP contribution in [0.1, 0.15) is 31.9 Å². The van der Waals surface area contributed by atoms with E-state index < -0.39 is 6.04 Å². The van der Waals surface area contributed by atoms with Crippen molar-refractivity contribution in [1.82, 2.24) is 10.2 Å². The van der Waals surface area contributed by atoms with Crippen molar-refractivity contribution in [2.24, 2.45) is 5.92 Å². The number of nitrogens with one attached hydrogen (secondary N) is 1. The molecule has 0 saturated heterocycles. The Kier molecular flexibility index (Phi) is 7.41. The Morgan fingerprint density at radius 3 is 2.26 bits per heavy atom. The zero-order chi connectivity index (χ0) is 19.8. The predicted molar refractivity (Wildman–Crippen MR) is 106 cm³/mol. The van der Waals surface area contributed by atoms with Crippen LogP contribution in [0.25, 0.3) is 0 Å². The van der Waals surface area contributed by atoms with Crippen LogP contribution in [0.3, 0.4) is 0 Å². The minimum absolute atomic E-state index is 0.0428. The molecule has 2 amide bonds. The third kappa shape index (κ3) is 5.58. The standard InChI is InChI=1S/C22H28N2O3/c1-16(2)22(26)24(15-18-10-6-5-7-11-18)17(3)21(25)23-14-19-12-8-9-13-20(19)27-4/h5-13,16-17H,14-15H2,1-4H3,(H,23,25)/t17-/m1/s1. The van der Waals surface area contributed by atoms with Crippen LogP contribution in [0, 0.1) is 5.92 Å². The van der Waals surface area contributed by atoms with Crippen molar-refractivity contribution >= 4 is 11.8 Å². The summed E-state index contributed by atoms with van der Waals surface area (Å²) in [7, 11) is 1.60. The molecule has 2 aromatic rings. The highest BCUT2D eigenvalue weighted by Crippen LogP contribution is 2.17. The summed E-state index contributed by atoms with van der Waals surface area (Å²) in [5, 5.41) is 2.92. The minimum Gasteiger partial charge on any atom is -0.496 e. The Morgan fingerprint density at radius 1 is 1.00 bits per heavy atom. The molecule has 0 saturated carbocycles. The molecule has 0 radical (unpaired) electrons. The first-order chi connectivity index (χ1) is 12.9. The molecule has 27 heavy (non-hydrogen) atoms. The van der Waals surface area contributed by atoms with Crippen LogP contribution < -0.4 is 10.1 Å². The van der Waals surface area contributed by atoms with Crippen molar-refractivity contribution in [2.75, 3.05) is 7.11 Å². The highest BCUT2D eigenvalue weighted by atomic mass is 16.5. The zero-order valence-electron chi connectivity index (χ0n) is 16.4. The van der Waals surface area contributed by atoms with Gasteiger partial charge in [-0.3, -0.25) is 9.59 Å². The lowest BCUT2D eigenvalue weighted by Crippen LogP contribution is -2.48. The van der Waals surface area contributed by atoms with Gasteiger partial charge < -0.3 is 15.0 Å². The number of methoxy groups -OCH3 is 1. The van der Waals surface area contributed by atoms with Gasteiger partial charge in [0.15, 0.2) is 0 Å². The number of nitrogens with zero attached hydrogens (tertiary/aromatic N) is 1. The van der Waals surface area contributed by atoms with Gasteiger partial charge in [-0.15, -0.1) is 0 Å². The topological polar surface area (TPSA) is 58.6 Å². The second-order valence-electron chi connectivity index (χ2n) is 6.81. The van der Waals surface area contributed by atoms with Crippen LogP contribution >= 0.6 is 0 Å². The van der Waals surface area contributed by atoms with Crippen LogP contribution in [0.2, 0.25) is 0 Å². The summed E-state index contributed by atoms with van der Waals surface area (Å²) in [5.41, 5.74) is 1.89. The van der Waals surface area contributed by atoms with E-state index in [9.17, 15) is 9.59 Å². The van der Waals surface area contributed by atoms with Crippen LogP contribution in [0.4, 0.5) is 0 Å². The molecule has 0 aliphatic carbocycles. The Labute approximate surface area is 161 Å². The normalized spacial score (nSPS) is 11.7. The molecule has 0 aliphatic heterocycles. The maximum Gasteiger partial charge on any atom is 0.242 e. The summed E-state index contributed by atoms with van der Waals surface area (Å²) < 4.78 is 5.32. The highest BCUT2D eigenvalue weighted by Gasteiger charge is 2.27. The highest BCUT2D eigenvalue weighted by molar-refractivity contribution is 5.88.